The highest BCUT2D eigenvalue weighted by molar-refractivity contribution is 6.30. The van der Waals surface area contributed by atoms with E-state index in [1.54, 1.807) is 18.2 Å². The summed E-state index contributed by atoms with van der Waals surface area (Å²) in [6.45, 7) is 2.61. The molecule has 0 aliphatic carbocycles. The molecule has 0 heterocycles. The molecule has 3 N–H and O–H groups in total. The van der Waals surface area contributed by atoms with Gasteiger partial charge in [-0.15, -0.1) is 0 Å². The lowest BCUT2D eigenvalue weighted by molar-refractivity contribution is -0.133. The molecular weight excluding hydrogens is 284 g/mol. The second kappa shape index (κ2) is 6.72. The van der Waals surface area contributed by atoms with E-state index in [2.05, 4.69) is 5.32 Å². The number of carboxylic acids is 1. The van der Waals surface area contributed by atoms with Crippen LogP contribution in [0, 0.1) is 0 Å². The number of carboxylic acid groups (broad SMARTS) is 1. The van der Waals surface area contributed by atoms with Crippen molar-refractivity contribution >= 4 is 35.2 Å². The van der Waals surface area contributed by atoms with Crippen LogP contribution in [0.4, 0.5) is 10.5 Å². The van der Waals surface area contributed by atoms with Crippen LogP contribution in [0.3, 0.4) is 0 Å². The average molecular weight is 297 g/mol. The van der Waals surface area contributed by atoms with Gasteiger partial charge in [0.05, 0.1) is 0 Å². The van der Waals surface area contributed by atoms with E-state index in [4.69, 9.17) is 16.7 Å². The molecule has 0 spiro atoms. The van der Waals surface area contributed by atoms with Crippen molar-refractivity contribution in [2.24, 2.45) is 0 Å². The van der Waals surface area contributed by atoms with Crippen molar-refractivity contribution in [3.8, 4) is 0 Å². The minimum atomic E-state index is -1.21. The van der Waals surface area contributed by atoms with Crippen LogP contribution in [0.2, 0.25) is 5.02 Å². The number of halogens is 1. The normalized spacial score (nSPS) is 11.3. The lowest BCUT2D eigenvalue weighted by atomic mass is 10.1. The summed E-state index contributed by atoms with van der Waals surface area (Å²) >= 11 is 5.75. The number of carbonyl (C=O) groups excluding carboxylic acids is 2. The van der Waals surface area contributed by atoms with Gasteiger partial charge in [-0.3, -0.25) is 10.1 Å². The summed E-state index contributed by atoms with van der Waals surface area (Å²) in [5.41, 5.74) is 0.246. The van der Waals surface area contributed by atoms with Crippen molar-refractivity contribution in [3.05, 3.63) is 40.4 Å². The molecule has 1 rings (SSSR count). The van der Waals surface area contributed by atoms with Crippen LogP contribution in [0.1, 0.15) is 13.8 Å². The number of anilines is 1. The third kappa shape index (κ3) is 4.40. The summed E-state index contributed by atoms with van der Waals surface area (Å²) in [6.07, 6.45) is 0. The summed E-state index contributed by atoms with van der Waals surface area (Å²) in [6, 6.07) is 5.62. The molecule has 0 atom stereocenters. The van der Waals surface area contributed by atoms with E-state index in [0.29, 0.717) is 10.7 Å². The highest BCUT2D eigenvalue weighted by Gasteiger charge is 2.15. The first-order valence-corrected chi connectivity index (χ1v) is 5.97. The maximum Gasteiger partial charge on any atom is 0.331 e. The Hall–Kier alpha value is -2.34. The lowest BCUT2D eigenvalue weighted by Crippen LogP contribution is -2.35. The molecule has 20 heavy (non-hydrogen) atoms. The van der Waals surface area contributed by atoms with Crippen LogP contribution in [-0.4, -0.2) is 23.0 Å². The van der Waals surface area contributed by atoms with Gasteiger partial charge in [0.2, 0.25) is 0 Å². The van der Waals surface area contributed by atoms with Gasteiger partial charge in [-0.05, 0) is 32.0 Å². The van der Waals surface area contributed by atoms with Gasteiger partial charge < -0.3 is 10.4 Å². The fourth-order valence-electron chi connectivity index (χ4n) is 1.26. The van der Waals surface area contributed by atoms with Crippen LogP contribution < -0.4 is 10.6 Å². The molecule has 0 aliphatic rings. The number of carbonyl (C=O) groups is 3. The molecule has 0 bridgehead atoms. The number of imide groups is 1. The van der Waals surface area contributed by atoms with Crippen molar-refractivity contribution in [1.29, 1.82) is 0 Å². The predicted molar refractivity (Wildman–Crippen MR) is 74.6 cm³/mol. The van der Waals surface area contributed by atoms with E-state index in [-0.39, 0.29) is 11.1 Å². The fraction of sp³-hybridized carbons (Fsp3) is 0.154. The van der Waals surface area contributed by atoms with Gasteiger partial charge in [0.25, 0.3) is 5.91 Å². The highest BCUT2D eigenvalue weighted by atomic mass is 35.5. The smallest absolute Gasteiger partial charge is 0.331 e. The molecule has 7 heteroatoms. The second-order valence-corrected chi connectivity index (χ2v) is 4.41. The summed E-state index contributed by atoms with van der Waals surface area (Å²) in [7, 11) is 0. The maximum absolute atomic E-state index is 11.6. The summed E-state index contributed by atoms with van der Waals surface area (Å²) < 4.78 is 0. The molecule has 106 valence electrons. The molecule has 1 aromatic carbocycles. The zero-order valence-corrected chi connectivity index (χ0v) is 11.6. The van der Waals surface area contributed by atoms with Gasteiger partial charge >= 0.3 is 12.0 Å². The molecular formula is C13H13ClN2O4. The molecule has 6 nitrogen and oxygen atoms in total. The molecule has 0 aliphatic heterocycles. The molecule has 0 saturated heterocycles. The van der Waals surface area contributed by atoms with Crippen molar-refractivity contribution in [2.75, 3.05) is 5.32 Å². The predicted octanol–water partition coefficient (Wildman–Crippen LogP) is 2.41. The average Bonchev–Trinajstić information content (AvgIpc) is 2.36. The van der Waals surface area contributed by atoms with Gasteiger partial charge in [0.15, 0.2) is 0 Å². The minimum Gasteiger partial charge on any atom is -0.478 e. The van der Waals surface area contributed by atoms with E-state index in [0.717, 1.165) is 0 Å². The zero-order valence-electron chi connectivity index (χ0n) is 10.9. The Balaban J connectivity index is 2.70. The maximum atomic E-state index is 11.6. The molecule has 3 amide bonds. The highest BCUT2D eigenvalue weighted by Crippen LogP contribution is 2.14. The first-order valence-electron chi connectivity index (χ1n) is 5.60. The molecule has 0 fully saturated rings. The number of hydrogen-bond donors (Lipinski definition) is 3. The van der Waals surface area contributed by atoms with E-state index in [1.807, 2.05) is 5.32 Å². The van der Waals surface area contributed by atoms with Crippen LogP contribution in [0.15, 0.2) is 35.4 Å². The van der Waals surface area contributed by atoms with Crippen LogP contribution in [0.25, 0.3) is 0 Å². The van der Waals surface area contributed by atoms with E-state index in [9.17, 15) is 14.4 Å². The Labute approximate surface area is 120 Å². The van der Waals surface area contributed by atoms with Crippen LogP contribution >= 0.6 is 11.6 Å². The van der Waals surface area contributed by atoms with Crippen molar-refractivity contribution in [1.82, 2.24) is 5.32 Å². The quantitative estimate of drug-likeness (QED) is 0.746. The number of aliphatic carboxylic acids is 1. The van der Waals surface area contributed by atoms with Crippen molar-refractivity contribution < 1.29 is 19.5 Å². The molecule has 0 saturated carbocycles. The molecule has 1 aromatic rings. The zero-order chi connectivity index (χ0) is 15.3. The van der Waals surface area contributed by atoms with Gasteiger partial charge in [0, 0.05) is 21.9 Å². The van der Waals surface area contributed by atoms with Crippen LogP contribution in [0.5, 0.6) is 0 Å². The third-order valence-corrected chi connectivity index (χ3v) is 2.77. The van der Waals surface area contributed by atoms with Crippen LogP contribution in [-0.2, 0) is 9.59 Å². The first-order chi connectivity index (χ1) is 9.31. The van der Waals surface area contributed by atoms with Crippen molar-refractivity contribution in [2.45, 2.75) is 13.8 Å². The van der Waals surface area contributed by atoms with E-state index in [1.165, 1.54) is 19.9 Å². The number of urea groups is 1. The largest absolute Gasteiger partial charge is 0.478 e. The van der Waals surface area contributed by atoms with E-state index < -0.39 is 17.9 Å². The monoisotopic (exact) mass is 296 g/mol. The SMILES string of the molecule is CC(C(=O)O)=C(C)C(=O)NC(=O)Nc1cccc(Cl)c1. The summed E-state index contributed by atoms with van der Waals surface area (Å²) in [5.74, 6) is -1.99. The Morgan fingerprint density at radius 1 is 1.15 bits per heavy atom. The fourth-order valence-corrected chi connectivity index (χ4v) is 1.45. The van der Waals surface area contributed by atoms with Gasteiger partial charge in [-0.2, -0.15) is 0 Å². The van der Waals surface area contributed by atoms with Crippen molar-refractivity contribution in [3.63, 3.8) is 0 Å². The topological polar surface area (TPSA) is 95.5 Å². The minimum absolute atomic E-state index is 0.0428. The Morgan fingerprint density at radius 2 is 1.80 bits per heavy atom. The number of amides is 3. The molecule has 0 radical (unpaired) electrons. The molecule has 0 unspecified atom stereocenters. The number of rotatable bonds is 3. The lowest BCUT2D eigenvalue weighted by Gasteiger charge is -2.08. The summed E-state index contributed by atoms with van der Waals surface area (Å²) in [5, 5.41) is 13.6. The number of hydrogen-bond acceptors (Lipinski definition) is 3. The van der Waals surface area contributed by atoms with E-state index >= 15 is 0 Å². The second-order valence-electron chi connectivity index (χ2n) is 3.97. The Kier molecular flexibility index (Phi) is 5.28. The Bertz CT molecular complexity index is 596. The Morgan fingerprint density at radius 3 is 2.35 bits per heavy atom. The molecule has 0 aromatic heterocycles. The summed E-state index contributed by atoms with van der Waals surface area (Å²) in [4.78, 5) is 33.9. The van der Waals surface area contributed by atoms with Gasteiger partial charge in [0.1, 0.15) is 0 Å². The third-order valence-electron chi connectivity index (χ3n) is 2.53. The number of benzene rings is 1. The van der Waals surface area contributed by atoms with Gasteiger partial charge in [-0.25, -0.2) is 9.59 Å². The number of nitrogens with one attached hydrogen (secondary N) is 2. The first kappa shape index (κ1) is 15.7. The van der Waals surface area contributed by atoms with Gasteiger partial charge in [-0.1, -0.05) is 17.7 Å². The standard InChI is InChI=1S/C13H13ClN2O4/c1-7(8(2)12(18)19)11(17)16-13(20)15-10-5-3-4-9(14)6-10/h3-6H,1-2H3,(H,18,19)(H2,15,16,17,20).